The normalized spacial score (nSPS) is 10.5. The van der Waals surface area contributed by atoms with Crippen LogP contribution in [0.25, 0.3) is 0 Å². The molecule has 0 fully saturated rings. The third-order valence-corrected chi connectivity index (χ3v) is 3.17. The molecule has 0 heterocycles. The van der Waals surface area contributed by atoms with E-state index < -0.39 is 0 Å². The first-order valence-electron chi connectivity index (χ1n) is 5.86. The van der Waals surface area contributed by atoms with Crippen molar-refractivity contribution in [2.75, 3.05) is 20.8 Å². The minimum atomic E-state index is -0.334. The van der Waals surface area contributed by atoms with Crippen molar-refractivity contribution in [2.45, 2.75) is 13.3 Å². The first-order valence-corrected chi connectivity index (χ1v) is 6.65. The number of rotatable bonds is 6. The van der Waals surface area contributed by atoms with Crippen LogP contribution in [0.2, 0.25) is 0 Å². The Bertz CT molecular complexity index is 469. The Hall–Kier alpha value is -1.49. The molecule has 19 heavy (non-hydrogen) atoms. The van der Waals surface area contributed by atoms with E-state index >= 15 is 0 Å². The molecule has 1 aromatic rings. The largest absolute Gasteiger partial charge is 0.493 e. The van der Waals surface area contributed by atoms with Gasteiger partial charge in [-0.25, -0.2) is 4.79 Å². The van der Waals surface area contributed by atoms with E-state index in [1.165, 1.54) is 6.08 Å². The summed E-state index contributed by atoms with van der Waals surface area (Å²) in [6.07, 6.45) is 3.77. The molecule has 1 aromatic carbocycles. The number of allylic oxidation sites excluding steroid dienone is 1. The second-order valence-corrected chi connectivity index (χ2v) is 4.51. The van der Waals surface area contributed by atoms with Gasteiger partial charge in [0.1, 0.15) is 0 Å². The van der Waals surface area contributed by atoms with Gasteiger partial charge in [-0.2, -0.15) is 0 Å². The van der Waals surface area contributed by atoms with Gasteiger partial charge in [0.05, 0.1) is 20.8 Å². The van der Waals surface area contributed by atoms with Gasteiger partial charge in [-0.15, -0.1) is 0 Å². The molecule has 0 bridgehead atoms. The summed E-state index contributed by atoms with van der Waals surface area (Å²) < 4.78 is 16.1. The lowest BCUT2D eigenvalue weighted by Gasteiger charge is -2.10. The molecule has 0 N–H and O–H groups in total. The monoisotopic (exact) mass is 328 g/mol. The van der Waals surface area contributed by atoms with Gasteiger partial charge < -0.3 is 14.2 Å². The first kappa shape index (κ1) is 15.6. The summed E-state index contributed by atoms with van der Waals surface area (Å²) in [6.45, 7) is 2.15. The molecule has 4 nitrogen and oxygen atoms in total. The molecule has 0 saturated carbocycles. The Morgan fingerprint density at radius 2 is 1.89 bits per heavy atom. The zero-order valence-electron chi connectivity index (χ0n) is 11.2. The molecule has 0 atom stereocenters. The van der Waals surface area contributed by atoms with Crippen molar-refractivity contribution in [3.8, 4) is 11.5 Å². The van der Waals surface area contributed by atoms with E-state index in [0.29, 0.717) is 24.5 Å². The summed E-state index contributed by atoms with van der Waals surface area (Å²) >= 11 is 3.46. The zero-order chi connectivity index (χ0) is 14.3. The van der Waals surface area contributed by atoms with Crippen LogP contribution in [-0.2, 0) is 16.0 Å². The average molecular weight is 329 g/mol. The number of carbonyl (C=O) groups excluding carboxylic acids is 1. The number of hydrogen-bond acceptors (Lipinski definition) is 4. The van der Waals surface area contributed by atoms with Crippen LogP contribution in [0.1, 0.15) is 12.5 Å². The molecule has 0 amide bonds. The van der Waals surface area contributed by atoms with Gasteiger partial charge in [-0.1, -0.05) is 22.0 Å². The second kappa shape index (κ2) is 7.84. The zero-order valence-corrected chi connectivity index (χ0v) is 12.8. The van der Waals surface area contributed by atoms with Gasteiger partial charge in [0, 0.05) is 10.5 Å². The van der Waals surface area contributed by atoms with Crippen LogP contribution in [0.3, 0.4) is 0 Å². The van der Waals surface area contributed by atoms with Crippen molar-refractivity contribution < 1.29 is 19.0 Å². The molecule has 0 aliphatic carbocycles. The molecule has 0 saturated heterocycles. The molecular weight excluding hydrogens is 312 g/mol. The molecule has 0 unspecified atom stereocenters. The second-order valence-electron chi connectivity index (χ2n) is 3.66. The van der Waals surface area contributed by atoms with Gasteiger partial charge in [0.2, 0.25) is 0 Å². The van der Waals surface area contributed by atoms with Crippen molar-refractivity contribution in [1.29, 1.82) is 0 Å². The predicted molar refractivity (Wildman–Crippen MR) is 76.7 cm³/mol. The lowest BCUT2D eigenvalue weighted by atomic mass is 10.1. The van der Waals surface area contributed by atoms with Crippen LogP contribution in [0.5, 0.6) is 11.5 Å². The maximum atomic E-state index is 11.2. The number of methoxy groups -OCH3 is 2. The van der Waals surface area contributed by atoms with Gasteiger partial charge in [0.25, 0.3) is 0 Å². The fraction of sp³-hybridized carbons (Fsp3) is 0.357. The van der Waals surface area contributed by atoms with E-state index in [0.717, 1.165) is 10.0 Å². The molecule has 104 valence electrons. The molecule has 0 aliphatic rings. The highest BCUT2D eigenvalue weighted by atomic mass is 79.9. The van der Waals surface area contributed by atoms with Crippen LogP contribution < -0.4 is 9.47 Å². The Morgan fingerprint density at radius 3 is 2.47 bits per heavy atom. The summed E-state index contributed by atoms with van der Waals surface area (Å²) in [7, 11) is 3.18. The Labute approximate surface area is 121 Å². The number of halogens is 1. The number of carbonyl (C=O) groups is 1. The molecule has 0 spiro atoms. The highest BCUT2D eigenvalue weighted by molar-refractivity contribution is 9.10. The lowest BCUT2D eigenvalue weighted by Crippen LogP contribution is -1.99. The van der Waals surface area contributed by atoms with Crippen LogP contribution >= 0.6 is 15.9 Å². The molecular formula is C14H17BrO4. The third-order valence-electron chi connectivity index (χ3n) is 2.43. The number of ether oxygens (including phenoxy) is 3. The first-order chi connectivity index (χ1) is 9.12. The van der Waals surface area contributed by atoms with Gasteiger partial charge in [-0.05, 0) is 31.0 Å². The topological polar surface area (TPSA) is 44.8 Å². The van der Waals surface area contributed by atoms with Crippen molar-refractivity contribution in [3.05, 3.63) is 34.3 Å². The summed E-state index contributed by atoms with van der Waals surface area (Å²) in [6, 6.07) is 3.71. The quantitative estimate of drug-likeness (QED) is 0.594. The van der Waals surface area contributed by atoms with Crippen LogP contribution in [0.15, 0.2) is 28.8 Å². The number of hydrogen-bond donors (Lipinski definition) is 0. The van der Waals surface area contributed by atoms with Crippen molar-refractivity contribution in [1.82, 2.24) is 0 Å². The maximum absolute atomic E-state index is 11.2. The molecule has 5 heteroatoms. The van der Waals surface area contributed by atoms with Crippen molar-refractivity contribution in [3.63, 3.8) is 0 Å². The molecule has 0 radical (unpaired) electrons. The van der Waals surface area contributed by atoms with Crippen LogP contribution in [0, 0.1) is 0 Å². The molecule has 0 aliphatic heterocycles. The fourth-order valence-electron chi connectivity index (χ4n) is 1.53. The summed E-state index contributed by atoms with van der Waals surface area (Å²) in [5.74, 6) is 0.983. The lowest BCUT2D eigenvalue weighted by molar-refractivity contribution is -0.137. The summed E-state index contributed by atoms with van der Waals surface area (Å²) in [5, 5.41) is 0. The van der Waals surface area contributed by atoms with Crippen molar-refractivity contribution in [2.24, 2.45) is 0 Å². The number of esters is 1. The van der Waals surface area contributed by atoms with E-state index in [1.54, 1.807) is 27.2 Å². The van der Waals surface area contributed by atoms with Gasteiger partial charge in [-0.3, -0.25) is 0 Å². The van der Waals surface area contributed by atoms with Crippen LogP contribution in [0.4, 0.5) is 0 Å². The van der Waals surface area contributed by atoms with Crippen LogP contribution in [-0.4, -0.2) is 26.8 Å². The smallest absolute Gasteiger partial charge is 0.330 e. The van der Waals surface area contributed by atoms with E-state index in [9.17, 15) is 4.79 Å². The van der Waals surface area contributed by atoms with Gasteiger partial charge in [0.15, 0.2) is 11.5 Å². The average Bonchev–Trinajstić information content (AvgIpc) is 2.40. The highest BCUT2D eigenvalue weighted by Crippen LogP contribution is 2.33. The number of benzene rings is 1. The Morgan fingerprint density at radius 1 is 1.26 bits per heavy atom. The summed E-state index contributed by atoms with van der Waals surface area (Å²) in [5.41, 5.74) is 0.998. The van der Waals surface area contributed by atoms with E-state index in [2.05, 4.69) is 15.9 Å². The standard InChI is InChI=1S/C14H17BrO4/c1-4-19-14(16)7-5-6-10-8-12(17-2)13(18-3)9-11(10)15/h5,7-9H,4,6H2,1-3H3/b7-5+. The van der Waals surface area contributed by atoms with E-state index in [-0.39, 0.29) is 5.97 Å². The Balaban J connectivity index is 2.81. The fourth-order valence-corrected chi connectivity index (χ4v) is 2.01. The van der Waals surface area contributed by atoms with E-state index in [4.69, 9.17) is 14.2 Å². The maximum Gasteiger partial charge on any atom is 0.330 e. The molecule has 0 aromatic heterocycles. The summed E-state index contributed by atoms with van der Waals surface area (Å²) in [4.78, 5) is 11.2. The molecule has 1 rings (SSSR count). The minimum absolute atomic E-state index is 0.334. The predicted octanol–water partition coefficient (Wildman–Crippen LogP) is 3.13. The van der Waals surface area contributed by atoms with E-state index in [1.807, 2.05) is 12.1 Å². The SMILES string of the molecule is CCOC(=O)/C=C/Cc1cc(OC)c(OC)cc1Br. The highest BCUT2D eigenvalue weighted by Gasteiger charge is 2.08. The Kier molecular flexibility index (Phi) is 6.42. The minimum Gasteiger partial charge on any atom is -0.493 e. The van der Waals surface area contributed by atoms with Crippen molar-refractivity contribution >= 4 is 21.9 Å². The van der Waals surface area contributed by atoms with Gasteiger partial charge >= 0.3 is 5.97 Å². The third kappa shape index (κ3) is 4.59.